The molecule has 11 nitrogen and oxygen atoms in total. The Morgan fingerprint density at radius 2 is 0.982 bits per heavy atom. The molecule has 0 aromatic carbocycles. The van der Waals surface area contributed by atoms with Gasteiger partial charge in [0.25, 0.3) is 0 Å². The van der Waals surface area contributed by atoms with Crippen LogP contribution in [0.15, 0.2) is 72.9 Å². The van der Waals surface area contributed by atoms with Gasteiger partial charge in [0.2, 0.25) is 5.91 Å². The topological polar surface area (TPSA) is 169 Å². The fraction of sp³-hybridized carbons (Fsp3) is 0.659. The highest BCUT2D eigenvalue weighted by atomic mass is 31.2. The van der Waals surface area contributed by atoms with E-state index in [-0.39, 0.29) is 12.8 Å². The maximum Gasteiger partial charge on any atom is 0.472 e. The number of ether oxygens (including phenoxy) is 1. The lowest BCUT2D eigenvalue weighted by Crippen LogP contribution is -2.43. The van der Waals surface area contributed by atoms with Crippen LogP contribution in [0.5, 0.6) is 0 Å². The molecule has 0 aliphatic heterocycles. The summed E-state index contributed by atoms with van der Waals surface area (Å²) in [5, 5.41) is 21.8. The summed E-state index contributed by atoms with van der Waals surface area (Å²) < 4.78 is 26.8. The van der Waals surface area contributed by atoms with Crippen LogP contribution in [-0.4, -0.2) is 64.9 Å². The number of aliphatic hydroxyl groups is 1. The number of carbonyl (C=O) groups is 3. The molecular formula is C44H74NO10P. The summed E-state index contributed by atoms with van der Waals surface area (Å²) in [6.45, 7) is 2.33. The van der Waals surface area contributed by atoms with Crippen molar-refractivity contribution in [2.75, 3.05) is 19.8 Å². The second-order valence-electron chi connectivity index (χ2n) is 13.8. The molecule has 3 atom stereocenters. The van der Waals surface area contributed by atoms with E-state index >= 15 is 0 Å². The van der Waals surface area contributed by atoms with Crippen molar-refractivity contribution < 1.29 is 47.8 Å². The molecular weight excluding hydrogens is 733 g/mol. The molecule has 12 heteroatoms. The number of carbonyl (C=O) groups excluding carboxylic acids is 2. The van der Waals surface area contributed by atoms with Crippen LogP contribution in [0.4, 0.5) is 0 Å². The van der Waals surface area contributed by atoms with E-state index in [1.807, 2.05) is 0 Å². The van der Waals surface area contributed by atoms with Gasteiger partial charge < -0.3 is 25.2 Å². The number of aliphatic carboxylic acids is 1. The highest BCUT2D eigenvalue weighted by Gasteiger charge is 2.28. The minimum absolute atomic E-state index is 0.129. The number of rotatable bonds is 38. The summed E-state index contributed by atoms with van der Waals surface area (Å²) >= 11 is 0. The minimum Gasteiger partial charge on any atom is -0.480 e. The second kappa shape index (κ2) is 38.8. The Bertz CT molecular complexity index is 1230. The maximum atomic E-state index is 12.3. The lowest BCUT2D eigenvalue weighted by molar-refractivity contribution is -0.147. The smallest absolute Gasteiger partial charge is 0.472 e. The molecule has 0 aromatic heterocycles. The molecule has 0 aliphatic rings. The average molecular weight is 808 g/mol. The van der Waals surface area contributed by atoms with Gasteiger partial charge in [-0.3, -0.25) is 18.6 Å². The highest BCUT2D eigenvalue weighted by molar-refractivity contribution is 7.47. The number of carboxylic acid groups (broad SMARTS) is 1. The van der Waals surface area contributed by atoms with Crippen LogP contribution in [0.25, 0.3) is 0 Å². The van der Waals surface area contributed by atoms with Crippen molar-refractivity contribution in [3.63, 3.8) is 0 Å². The minimum atomic E-state index is -4.77. The van der Waals surface area contributed by atoms with Gasteiger partial charge in [0.15, 0.2) is 6.04 Å². The molecule has 0 fully saturated rings. The van der Waals surface area contributed by atoms with Crippen molar-refractivity contribution in [3.8, 4) is 0 Å². The fourth-order valence-electron chi connectivity index (χ4n) is 5.28. The third-order valence-electron chi connectivity index (χ3n) is 8.49. The van der Waals surface area contributed by atoms with Crippen molar-refractivity contribution in [1.29, 1.82) is 0 Å². The van der Waals surface area contributed by atoms with Crippen LogP contribution in [0.2, 0.25) is 0 Å². The van der Waals surface area contributed by atoms with Crippen molar-refractivity contribution in [3.05, 3.63) is 72.9 Å². The standard InChI is InChI=1S/C44H74NO10P/c1-3-5-7-9-11-13-15-17-19-20-22-23-25-27-29-31-33-35-42(47)45-41(44(49)50)39-55-56(51,52)54-38-40(46)37-53-43(48)36-34-32-30-28-26-24-21-18-16-14-12-10-8-6-4-2/h5-8,11-14,17-19,21,40-41,46H,3-4,9-10,15-16,20,22-39H2,1-2H3,(H,45,47)(H,49,50)(H,51,52)/b7-5-,8-6-,13-11-,14-12-,19-17-,21-18-. The summed E-state index contributed by atoms with van der Waals surface area (Å²) in [4.78, 5) is 45.9. The van der Waals surface area contributed by atoms with Crippen molar-refractivity contribution >= 4 is 25.7 Å². The van der Waals surface area contributed by atoms with E-state index in [1.165, 1.54) is 0 Å². The summed E-state index contributed by atoms with van der Waals surface area (Å²) in [6, 6.07) is -1.56. The van der Waals surface area contributed by atoms with E-state index in [1.54, 1.807) is 0 Å². The van der Waals surface area contributed by atoms with Gasteiger partial charge in [0.05, 0.1) is 13.2 Å². The van der Waals surface area contributed by atoms with Crippen LogP contribution in [0, 0.1) is 0 Å². The first kappa shape index (κ1) is 52.9. The molecule has 0 rings (SSSR count). The number of amides is 1. The van der Waals surface area contributed by atoms with Crippen LogP contribution in [0.3, 0.4) is 0 Å². The molecule has 4 N–H and O–H groups in total. The van der Waals surface area contributed by atoms with Gasteiger partial charge in [-0.1, -0.05) is 138 Å². The molecule has 0 heterocycles. The highest BCUT2D eigenvalue weighted by Crippen LogP contribution is 2.43. The largest absolute Gasteiger partial charge is 0.480 e. The first-order chi connectivity index (χ1) is 27.1. The predicted molar refractivity (Wildman–Crippen MR) is 226 cm³/mol. The molecule has 320 valence electrons. The maximum absolute atomic E-state index is 12.3. The van der Waals surface area contributed by atoms with E-state index in [2.05, 4.69) is 92.1 Å². The average Bonchev–Trinajstić information content (AvgIpc) is 3.17. The monoisotopic (exact) mass is 808 g/mol. The third kappa shape index (κ3) is 37.8. The molecule has 1 amide bonds. The number of phosphoric acid groups is 1. The number of allylic oxidation sites excluding steroid dienone is 12. The summed E-state index contributed by atoms with van der Waals surface area (Å²) in [5.41, 5.74) is 0. The number of carboxylic acids is 1. The number of hydrogen-bond donors (Lipinski definition) is 4. The van der Waals surface area contributed by atoms with E-state index in [4.69, 9.17) is 13.8 Å². The number of unbranched alkanes of at least 4 members (excludes halogenated alkanes) is 12. The van der Waals surface area contributed by atoms with Gasteiger partial charge in [-0.25, -0.2) is 9.36 Å². The van der Waals surface area contributed by atoms with E-state index in [9.17, 15) is 34.1 Å². The SMILES string of the molecule is CC/C=C\C/C=C\C/C=C\CCCCCCCCCC(=O)NC(COP(=O)(O)OCC(O)COC(=O)CCCCCCC/C=C\C/C=C\C/C=C\CC)C(=O)O. The zero-order valence-corrected chi connectivity index (χ0v) is 35.3. The van der Waals surface area contributed by atoms with Crippen molar-refractivity contribution in [1.82, 2.24) is 5.32 Å². The van der Waals surface area contributed by atoms with E-state index in [0.29, 0.717) is 12.8 Å². The van der Waals surface area contributed by atoms with E-state index < -0.39 is 57.6 Å². The zero-order valence-electron chi connectivity index (χ0n) is 34.4. The molecule has 0 saturated carbocycles. The molecule has 0 aromatic rings. The summed E-state index contributed by atoms with van der Waals surface area (Å²) in [7, 11) is -4.77. The summed E-state index contributed by atoms with van der Waals surface area (Å²) in [5.74, 6) is -2.42. The molecule has 0 spiro atoms. The van der Waals surface area contributed by atoms with Crippen LogP contribution < -0.4 is 5.32 Å². The Balaban J connectivity index is 3.97. The quantitative estimate of drug-likeness (QED) is 0.0204. The van der Waals surface area contributed by atoms with Crippen LogP contribution >= 0.6 is 7.82 Å². The van der Waals surface area contributed by atoms with Gasteiger partial charge in [-0.2, -0.15) is 0 Å². The molecule has 3 unspecified atom stereocenters. The normalized spacial score (nSPS) is 14.5. The van der Waals surface area contributed by atoms with Gasteiger partial charge in [0, 0.05) is 12.8 Å². The number of phosphoric ester groups is 1. The van der Waals surface area contributed by atoms with Crippen LogP contribution in [-0.2, 0) is 32.7 Å². The Morgan fingerprint density at radius 3 is 1.46 bits per heavy atom. The molecule has 56 heavy (non-hydrogen) atoms. The Hall–Kier alpha value is -3.08. The fourth-order valence-corrected chi connectivity index (χ4v) is 6.06. The lowest BCUT2D eigenvalue weighted by atomic mass is 10.1. The number of esters is 1. The number of hydrogen-bond acceptors (Lipinski definition) is 8. The summed E-state index contributed by atoms with van der Waals surface area (Å²) in [6.07, 6.45) is 44.9. The number of aliphatic hydroxyl groups excluding tert-OH is 1. The Kier molecular flexibility index (Phi) is 36.6. The van der Waals surface area contributed by atoms with Crippen molar-refractivity contribution in [2.24, 2.45) is 0 Å². The molecule has 0 bridgehead atoms. The lowest BCUT2D eigenvalue weighted by Gasteiger charge is -2.18. The van der Waals surface area contributed by atoms with E-state index in [0.717, 1.165) is 116 Å². The van der Waals surface area contributed by atoms with Gasteiger partial charge >= 0.3 is 19.8 Å². The van der Waals surface area contributed by atoms with Gasteiger partial charge in [-0.15, -0.1) is 0 Å². The number of nitrogens with one attached hydrogen (secondary N) is 1. The molecule has 0 saturated heterocycles. The Labute approximate surface area is 338 Å². The zero-order chi connectivity index (χ0) is 41.4. The van der Waals surface area contributed by atoms with Gasteiger partial charge in [-0.05, 0) is 77.0 Å². The predicted octanol–water partition coefficient (Wildman–Crippen LogP) is 10.6. The molecule has 0 aliphatic carbocycles. The molecule has 0 radical (unpaired) electrons. The third-order valence-corrected chi connectivity index (χ3v) is 9.44. The van der Waals surface area contributed by atoms with Crippen LogP contribution in [0.1, 0.15) is 155 Å². The second-order valence-corrected chi connectivity index (χ2v) is 15.2. The van der Waals surface area contributed by atoms with Crippen molar-refractivity contribution in [2.45, 2.75) is 167 Å². The Morgan fingerprint density at radius 1 is 0.571 bits per heavy atom. The first-order valence-corrected chi connectivity index (χ1v) is 22.5. The first-order valence-electron chi connectivity index (χ1n) is 21.0. The van der Waals surface area contributed by atoms with Gasteiger partial charge in [0.1, 0.15) is 12.7 Å².